The van der Waals surface area contributed by atoms with Crippen molar-refractivity contribution in [3.8, 4) is 5.75 Å². The molecular weight excluding hydrogens is 220 g/mol. The first kappa shape index (κ1) is 12.4. The summed E-state index contributed by atoms with van der Waals surface area (Å²) in [7, 11) is 0. The van der Waals surface area contributed by atoms with Gasteiger partial charge in [-0.15, -0.1) is 0 Å². The highest BCUT2D eigenvalue weighted by Gasteiger charge is 2.22. The normalized spacial score (nSPS) is 10.6. The zero-order chi connectivity index (χ0) is 12.3. The van der Waals surface area contributed by atoms with Crippen LogP contribution < -0.4 is 0 Å². The molecule has 0 unspecified atom stereocenters. The number of halogens is 2. The molecular formula is C10H11F2NO3. The smallest absolute Gasteiger partial charge is 0.342 e. The second-order valence-electron chi connectivity index (χ2n) is 3.05. The van der Waals surface area contributed by atoms with Gasteiger partial charge >= 0.3 is 5.97 Å². The van der Waals surface area contributed by atoms with E-state index in [-0.39, 0.29) is 17.7 Å². The molecule has 88 valence electrons. The average Bonchev–Trinajstić information content (AvgIpc) is 2.17. The molecule has 1 rings (SSSR count). The number of alkyl halides is 2. The van der Waals surface area contributed by atoms with Crippen molar-refractivity contribution < 1.29 is 23.4 Å². The Morgan fingerprint density at radius 2 is 2.25 bits per heavy atom. The third-order valence-electron chi connectivity index (χ3n) is 2.03. The molecule has 16 heavy (non-hydrogen) atoms. The third kappa shape index (κ3) is 2.26. The molecule has 0 spiro atoms. The fraction of sp³-hybridized carbons (Fsp3) is 0.400. The molecule has 4 nitrogen and oxygen atoms in total. The second-order valence-corrected chi connectivity index (χ2v) is 3.05. The topological polar surface area (TPSA) is 59.4 Å². The summed E-state index contributed by atoms with van der Waals surface area (Å²) in [4.78, 5) is 14.8. The van der Waals surface area contributed by atoms with Gasteiger partial charge in [0.25, 0.3) is 6.43 Å². The highest BCUT2D eigenvalue weighted by molar-refractivity contribution is 5.94. The van der Waals surface area contributed by atoms with Crippen molar-refractivity contribution in [2.24, 2.45) is 0 Å². The molecule has 0 radical (unpaired) electrons. The summed E-state index contributed by atoms with van der Waals surface area (Å²) in [6, 6.07) is 0. The number of aromatic nitrogens is 1. The first-order valence-corrected chi connectivity index (χ1v) is 4.62. The van der Waals surface area contributed by atoms with Gasteiger partial charge in [0, 0.05) is 0 Å². The van der Waals surface area contributed by atoms with Gasteiger partial charge in [0.2, 0.25) is 0 Å². The molecule has 0 fully saturated rings. The summed E-state index contributed by atoms with van der Waals surface area (Å²) in [6.45, 7) is 2.98. The highest BCUT2D eigenvalue weighted by Crippen LogP contribution is 2.28. The fourth-order valence-electron chi connectivity index (χ4n) is 1.29. The summed E-state index contributed by atoms with van der Waals surface area (Å²) in [5.74, 6) is -1.29. The average molecular weight is 231 g/mol. The van der Waals surface area contributed by atoms with E-state index in [1.54, 1.807) is 6.92 Å². The Bertz CT molecular complexity index is 407. The van der Waals surface area contributed by atoms with Gasteiger partial charge in [-0.25, -0.2) is 13.6 Å². The molecule has 1 aromatic rings. The Morgan fingerprint density at radius 1 is 1.62 bits per heavy atom. The Hall–Kier alpha value is -1.72. The standard InChI is InChI=1S/C10H11F2NO3/c1-3-16-10(15)7-5(2)8(9(11)12)13-4-6(7)14/h4,9,14H,3H2,1-2H3. The maximum Gasteiger partial charge on any atom is 0.342 e. The number of ether oxygens (including phenoxy) is 1. The Kier molecular flexibility index (Phi) is 3.76. The number of aromatic hydroxyl groups is 1. The van der Waals surface area contributed by atoms with Crippen LogP contribution >= 0.6 is 0 Å². The minimum Gasteiger partial charge on any atom is -0.505 e. The first-order valence-electron chi connectivity index (χ1n) is 4.62. The Balaban J connectivity index is 3.26. The number of carbonyl (C=O) groups excluding carboxylic acids is 1. The molecule has 1 aromatic heterocycles. The van der Waals surface area contributed by atoms with Crippen LogP contribution in [-0.4, -0.2) is 22.7 Å². The molecule has 0 saturated carbocycles. The molecule has 0 aliphatic heterocycles. The number of hydrogen-bond donors (Lipinski definition) is 1. The molecule has 0 atom stereocenters. The molecule has 0 bridgehead atoms. The summed E-state index contributed by atoms with van der Waals surface area (Å²) in [5, 5.41) is 9.39. The van der Waals surface area contributed by atoms with Crippen molar-refractivity contribution >= 4 is 5.97 Å². The minimum absolute atomic E-state index is 0.0616. The lowest BCUT2D eigenvalue weighted by atomic mass is 10.1. The van der Waals surface area contributed by atoms with Crippen LogP contribution in [0.25, 0.3) is 0 Å². The number of esters is 1. The quantitative estimate of drug-likeness (QED) is 0.810. The first-order chi connectivity index (χ1) is 7.49. The SMILES string of the molecule is CCOC(=O)c1c(O)cnc(C(F)F)c1C. The summed E-state index contributed by atoms with van der Waals surface area (Å²) >= 11 is 0. The molecule has 1 N–H and O–H groups in total. The lowest BCUT2D eigenvalue weighted by Crippen LogP contribution is -2.10. The van der Waals surface area contributed by atoms with E-state index < -0.39 is 23.8 Å². The molecule has 0 aliphatic carbocycles. The van der Waals surface area contributed by atoms with E-state index in [1.807, 2.05) is 0 Å². The van der Waals surface area contributed by atoms with Crippen LogP contribution in [0.1, 0.15) is 35.0 Å². The van der Waals surface area contributed by atoms with E-state index in [9.17, 15) is 18.7 Å². The van der Waals surface area contributed by atoms with Crippen LogP contribution in [0.4, 0.5) is 8.78 Å². The Labute approximate surface area is 90.9 Å². The number of nitrogens with zero attached hydrogens (tertiary/aromatic N) is 1. The van der Waals surface area contributed by atoms with Crippen LogP contribution in [0.3, 0.4) is 0 Å². The van der Waals surface area contributed by atoms with Crippen LogP contribution in [-0.2, 0) is 4.74 Å². The number of hydrogen-bond acceptors (Lipinski definition) is 4. The van der Waals surface area contributed by atoms with Crippen molar-refractivity contribution in [1.82, 2.24) is 4.98 Å². The predicted octanol–water partition coefficient (Wildman–Crippen LogP) is 2.21. The van der Waals surface area contributed by atoms with Crippen LogP contribution in [0.15, 0.2) is 6.20 Å². The van der Waals surface area contributed by atoms with Gasteiger partial charge < -0.3 is 9.84 Å². The van der Waals surface area contributed by atoms with Gasteiger partial charge in [0.05, 0.1) is 12.8 Å². The highest BCUT2D eigenvalue weighted by atomic mass is 19.3. The van der Waals surface area contributed by atoms with Crippen molar-refractivity contribution in [3.05, 3.63) is 23.0 Å². The Morgan fingerprint density at radius 3 is 2.75 bits per heavy atom. The molecule has 6 heteroatoms. The molecule has 1 heterocycles. The summed E-state index contributed by atoms with van der Waals surface area (Å²) in [6.07, 6.45) is -1.98. The maximum atomic E-state index is 12.5. The van der Waals surface area contributed by atoms with Gasteiger partial charge in [-0.3, -0.25) is 4.98 Å². The van der Waals surface area contributed by atoms with Crippen molar-refractivity contribution in [3.63, 3.8) is 0 Å². The third-order valence-corrected chi connectivity index (χ3v) is 2.03. The van der Waals surface area contributed by atoms with Crippen molar-refractivity contribution in [2.75, 3.05) is 6.61 Å². The predicted molar refractivity (Wildman–Crippen MR) is 51.6 cm³/mol. The maximum absolute atomic E-state index is 12.5. The minimum atomic E-state index is -2.80. The number of carbonyl (C=O) groups is 1. The van der Waals surface area contributed by atoms with Crippen LogP contribution in [0.5, 0.6) is 5.75 Å². The van der Waals surface area contributed by atoms with E-state index in [0.29, 0.717) is 0 Å². The van der Waals surface area contributed by atoms with Gasteiger partial charge in [0.15, 0.2) is 0 Å². The van der Waals surface area contributed by atoms with E-state index in [4.69, 9.17) is 0 Å². The van der Waals surface area contributed by atoms with Crippen molar-refractivity contribution in [2.45, 2.75) is 20.3 Å². The van der Waals surface area contributed by atoms with Gasteiger partial charge in [-0.1, -0.05) is 0 Å². The second kappa shape index (κ2) is 4.87. The van der Waals surface area contributed by atoms with E-state index in [0.717, 1.165) is 6.20 Å². The van der Waals surface area contributed by atoms with Crippen LogP contribution in [0, 0.1) is 6.92 Å². The zero-order valence-corrected chi connectivity index (χ0v) is 8.83. The lowest BCUT2D eigenvalue weighted by Gasteiger charge is -2.10. The zero-order valence-electron chi connectivity index (χ0n) is 8.83. The monoisotopic (exact) mass is 231 g/mol. The largest absolute Gasteiger partial charge is 0.505 e. The summed E-state index contributed by atoms with van der Waals surface area (Å²) in [5.41, 5.74) is -0.846. The lowest BCUT2D eigenvalue weighted by molar-refractivity contribution is 0.0521. The van der Waals surface area contributed by atoms with Gasteiger partial charge in [0.1, 0.15) is 17.0 Å². The molecule has 0 saturated heterocycles. The molecule has 0 aromatic carbocycles. The summed E-state index contributed by atoms with van der Waals surface area (Å²) < 4.78 is 29.6. The van der Waals surface area contributed by atoms with E-state index in [2.05, 4.69) is 9.72 Å². The fourth-order valence-corrected chi connectivity index (χ4v) is 1.29. The van der Waals surface area contributed by atoms with Crippen LogP contribution in [0.2, 0.25) is 0 Å². The van der Waals surface area contributed by atoms with E-state index in [1.165, 1.54) is 6.92 Å². The molecule has 0 amide bonds. The van der Waals surface area contributed by atoms with Crippen molar-refractivity contribution in [1.29, 1.82) is 0 Å². The number of pyridine rings is 1. The van der Waals surface area contributed by atoms with Gasteiger partial charge in [-0.05, 0) is 19.4 Å². The molecule has 0 aliphatic rings. The van der Waals surface area contributed by atoms with E-state index >= 15 is 0 Å². The van der Waals surface area contributed by atoms with Gasteiger partial charge in [-0.2, -0.15) is 0 Å². The number of rotatable bonds is 3.